The number of carbonyl (C=O) groups is 1. The Labute approximate surface area is 140 Å². The normalized spacial score (nSPS) is 14.4. The predicted molar refractivity (Wildman–Crippen MR) is 91.5 cm³/mol. The lowest BCUT2D eigenvalue weighted by atomic mass is 10.2. The van der Waals surface area contributed by atoms with Crippen LogP contribution in [0.1, 0.15) is 11.3 Å². The van der Waals surface area contributed by atoms with Gasteiger partial charge in [0.15, 0.2) is 0 Å². The number of anilines is 2. The first kappa shape index (κ1) is 16.2. The van der Waals surface area contributed by atoms with Gasteiger partial charge in [0.2, 0.25) is 5.91 Å². The number of amides is 1. The molecule has 0 unspecified atom stereocenters. The zero-order valence-electron chi connectivity index (χ0n) is 13.4. The number of nitrogens with two attached hydrogens (primary N) is 1. The molecule has 0 bridgehead atoms. The third-order valence-corrected chi connectivity index (χ3v) is 3.82. The van der Waals surface area contributed by atoms with E-state index in [0.717, 1.165) is 37.7 Å². The number of pyridine rings is 2. The molecule has 1 saturated heterocycles. The molecule has 2 aromatic rings. The number of ether oxygens (including phenoxy) is 1. The van der Waals surface area contributed by atoms with Gasteiger partial charge in [0.25, 0.3) is 0 Å². The third kappa shape index (κ3) is 4.42. The van der Waals surface area contributed by atoms with E-state index in [1.807, 2.05) is 12.1 Å². The van der Waals surface area contributed by atoms with Crippen LogP contribution in [0.4, 0.5) is 11.5 Å². The Morgan fingerprint density at radius 3 is 2.67 bits per heavy atom. The van der Waals surface area contributed by atoms with Gasteiger partial charge in [-0.1, -0.05) is 6.07 Å². The van der Waals surface area contributed by atoms with Crippen LogP contribution in [0.3, 0.4) is 0 Å². The van der Waals surface area contributed by atoms with Gasteiger partial charge in [-0.15, -0.1) is 0 Å². The molecule has 24 heavy (non-hydrogen) atoms. The van der Waals surface area contributed by atoms with Gasteiger partial charge in [0, 0.05) is 31.5 Å². The monoisotopic (exact) mass is 327 g/mol. The Hall–Kier alpha value is -2.67. The van der Waals surface area contributed by atoms with E-state index in [1.54, 1.807) is 24.5 Å². The fourth-order valence-corrected chi connectivity index (χ4v) is 2.47. The summed E-state index contributed by atoms with van der Waals surface area (Å²) in [6, 6.07) is 7.46. The Morgan fingerprint density at radius 2 is 2.00 bits per heavy atom. The van der Waals surface area contributed by atoms with Crippen LogP contribution < -0.4 is 16.0 Å². The van der Waals surface area contributed by atoms with Gasteiger partial charge in [-0.3, -0.25) is 9.78 Å². The van der Waals surface area contributed by atoms with Gasteiger partial charge in [-0.05, 0) is 23.8 Å². The van der Waals surface area contributed by atoms with E-state index in [4.69, 9.17) is 10.5 Å². The van der Waals surface area contributed by atoms with Gasteiger partial charge in [-0.25, -0.2) is 4.98 Å². The summed E-state index contributed by atoms with van der Waals surface area (Å²) in [4.78, 5) is 22.7. The SMILES string of the molecule is Nc1ccc(CC(=O)NCc2ccc(N3CCOCC3)nc2)nc1. The third-order valence-electron chi connectivity index (χ3n) is 3.82. The van der Waals surface area contributed by atoms with Crippen molar-refractivity contribution < 1.29 is 9.53 Å². The number of morpholine rings is 1. The topological polar surface area (TPSA) is 93.4 Å². The molecule has 3 heterocycles. The van der Waals surface area contributed by atoms with Crippen molar-refractivity contribution in [3.63, 3.8) is 0 Å². The maximum atomic E-state index is 12.0. The highest BCUT2D eigenvalue weighted by molar-refractivity contribution is 5.78. The molecule has 1 amide bonds. The van der Waals surface area contributed by atoms with Gasteiger partial charge in [0.1, 0.15) is 5.82 Å². The van der Waals surface area contributed by atoms with Gasteiger partial charge in [0.05, 0.1) is 31.5 Å². The summed E-state index contributed by atoms with van der Waals surface area (Å²) in [5, 5.41) is 2.88. The van der Waals surface area contributed by atoms with Crippen LogP contribution in [0.2, 0.25) is 0 Å². The molecule has 0 aromatic carbocycles. The zero-order chi connectivity index (χ0) is 16.8. The summed E-state index contributed by atoms with van der Waals surface area (Å²) in [6.07, 6.45) is 3.59. The van der Waals surface area contributed by atoms with Crippen molar-refractivity contribution in [3.05, 3.63) is 47.9 Å². The molecule has 2 aromatic heterocycles. The minimum Gasteiger partial charge on any atom is -0.397 e. The summed E-state index contributed by atoms with van der Waals surface area (Å²) in [7, 11) is 0. The van der Waals surface area contributed by atoms with Crippen molar-refractivity contribution in [2.75, 3.05) is 36.9 Å². The maximum Gasteiger partial charge on any atom is 0.226 e. The van der Waals surface area contributed by atoms with Crippen molar-refractivity contribution in [1.82, 2.24) is 15.3 Å². The average molecular weight is 327 g/mol. The van der Waals surface area contributed by atoms with Gasteiger partial charge < -0.3 is 20.7 Å². The van der Waals surface area contributed by atoms with Crippen molar-refractivity contribution in [1.29, 1.82) is 0 Å². The van der Waals surface area contributed by atoms with Crippen LogP contribution >= 0.6 is 0 Å². The molecular weight excluding hydrogens is 306 g/mol. The molecule has 3 rings (SSSR count). The fraction of sp³-hybridized carbons (Fsp3) is 0.353. The van der Waals surface area contributed by atoms with Crippen molar-refractivity contribution >= 4 is 17.4 Å². The number of carbonyl (C=O) groups excluding carboxylic acids is 1. The Bertz CT molecular complexity index is 666. The summed E-state index contributed by atoms with van der Waals surface area (Å²) in [6.45, 7) is 3.64. The molecule has 1 fully saturated rings. The van der Waals surface area contributed by atoms with Crippen LogP contribution in [0.5, 0.6) is 0 Å². The number of hydrogen-bond acceptors (Lipinski definition) is 6. The molecule has 0 spiro atoms. The van der Waals surface area contributed by atoms with Gasteiger partial charge in [-0.2, -0.15) is 0 Å². The lowest BCUT2D eigenvalue weighted by molar-refractivity contribution is -0.120. The van der Waals surface area contributed by atoms with Crippen LogP contribution in [-0.4, -0.2) is 42.2 Å². The fourth-order valence-electron chi connectivity index (χ4n) is 2.47. The van der Waals surface area contributed by atoms with E-state index in [9.17, 15) is 4.79 Å². The molecule has 1 aliphatic heterocycles. The van der Waals surface area contributed by atoms with E-state index in [0.29, 0.717) is 17.9 Å². The quantitative estimate of drug-likeness (QED) is 0.842. The molecule has 126 valence electrons. The summed E-state index contributed by atoms with van der Waals surface area (Å²) in [5.74, 6) is 0.865. The Kier molecular flexibility index (Phi) is 5.22. The van der Waals surface area contributed by atoms with Crippen molar-refractivity contribution in [3.8, 4) is 0 Å². The number of nitrogens with zero attached hydrogens (tertiary/aromatic N) is 3. The Morgan fingerprint density at radius 1 is 1.17 bits per heavy atom. The molecule has 0 atom stereocenters. The molecule has 7 heteroatoms. The number of hydrogen-bond donors (Lipinski definition) is 2. The lowest BCUT2D eigenvalue weighted by Crippen LogP contribution is -2.36. The second kappa shape index (κ2) is 7.74. The molecule has 0 radical (unpaired) electrons. The predicted octanol–water partition coefficient (Wildman–Crippen LogP) is 0.754. The van der Waals surface area contributed by atoms with Crippen LogP contribution in [0.25, 0.3) is 0 Å². The van der Waals surface area contributed by atoms with E-state index < -0.39 is 0 Å². The zero-order valence-corrected chi connectivity index (χ0v) is 13.4. The minimum absolute atomic E-state index is 0.0791. The first-order valence-electron chi connectivity index (χ1n) is 7.95. The largest absolute Gasteiger partial charge is 0.397 e. The smallest absolute Gasteiger partial charge is 0.226 e. The summed E-state index contributed by atoms with van der Waals surface area (Å²) < 4.78 is 5.34. The van der Waals surface area contributed by atoms with E-state index >= 15 is 0 Å². The van der Waals surface area contributed by atoms with Crippen LogP contribution in [-0.2, 0) is 22.5 Å². The van der Waals surface area contributed by atoms with Crippen LogP contribution in [0.15, 0.2) is 36.7 Å². The number of nitrogen functional groups attached to an aromatic ring is 1. The number of nitrogens with one attached hydrogen (secondary N) is 1. The highest BCUT2D eigenvalue weighted by Crippen LogP contribution is 2.13. The standard InChI is InChI=1S/C17H21N5O2/c18-14-2-3-15(19-12-14)9-17(23)21-11-13-1-4-16(20-10-13)22-5-7-24-8-6-22/h1-4,10,12H,5-9,11,18H2,(H,21,23). The van der Waals surface area contributed by atoms with Gasteiger partial charge >= 0.3 is 0 Å². The van der Waals surface area contributed by atoms with E-state index in [1.165, 1.54) is 0 Å². The highest BCUT2D eigenvalue weighted by Gasteiger charge is 2.12. The first-order chi connectivity index (χ1) is 11.7. The molecule has 0 aliphatic carbocycles. The molecule has 3 N–H and O–H groups in total. The second-order valence-corrected chi connectivity index (χ2v) is 5.66. The molecule has 1 aliphatic rings. The number of aromatic nitrogens is 2. The Balaban J connectivity index is 1.49. The van der Waals surface area contributed by atoms with E-state index in [2.05, 4.69) is 20.2 Å². The maximum absolute atomic E-state index is 12.0. The highest BCUT2D eigenvalue weighted by atomic mass is 16.5. The van der Waals surface area contributed by atoms with Crippen molar-refractivity contribution in [2.45, 2.75) is 13.0 Å². The number of rotatable bonds is 5. The summed E-state index contributed by atoms with van der Waals surface area (Å²) >= 11 is 0. The molecule has 0 saturated carbocycles. The molecular formula is C17H21N5O2. The van der Waals surface area contributed by atoms with Crippen molar-refractivity contribution in [2.24, 2.45) is 0 Å². The van der Waals surface area contributed by atoms with Crippen LogP contribution in [0, 0.1) is 0 Å². The lowest BCUT2D eigenvalue weighted by Gasteiger charge is -2.27. The summed E-state index contributed by atoms with van der Waals surface area (Å²) in [5.41, 5.74) is 7.83. The molecule has 7 nitrogen and oxygen atoms in total. The second-order valence-electron chi connectivity index (χ2n) is 5.66. The average Bonchev–Trinajstić information content (AvgIpc) is 2.63. The minimum atomic E-state index is -0.0791. The van der Waals surface area contributed by atoms with E-state index in [-0.39, 0.29) is 12.3 Å². The first-order valence-corrected chi connectivity index (χ1v) is 7.95.